The van der Waals surface area contributed by atoms with Gasteiger partial charge in [-0.1, -0.05) is 127 Å². The Morgan fingerprint density at radius 2 is 0.935 bits per heavy atom. The standard InChI is InChI=1S/C43H27N3/c1-44-30-15-11-14-29(28-30)32-18-5-8-25-39(32)46-41-27-10-7-20-34(41)36-22-13-24-38(43(36)46)37-23-12-21-35-33-19-6-9-26-40(33)45(42(35)37)31-16-3-2-4-17-31/h2-28H. The van der Waals surface area contributed by atoms with Gasteiger partial charge in [0.25, 0.3) is 0 Å². The van der Waals surface area contributed by atoms with Crippen LogP contribution in [0, 0.1) is 6.57 Å². The molecule has 7 aromatic carbocycles. The van der Waals surface area contributed by atoms with Crippen molar-refractivity contribution in [1.29, 1.82) is 0 Å². The van der Waals surface area contributed by atoms with Gasteiger partial charge in [-0.15, -0.1) is 0 Å². The first-order valence-electron chi connectivity index (χ1n) is 15.5. The van der Waals surface area contributed by atoms with Gasteiger partial charge in [0.05, 0.1) is 34.3 Å². The topological polar surface area (TPSA) is 14.2 Å². The highest BCUT2D eigenvalue weighted by molar-refractivity contribution is 6.19. The largest absolute Gasteiger partial charge is 0.309 e. The first-order chi connectivity index (χ1) is 22.8. The van der Waals surface area contributed by atoms with E-state index in [1.807, 2.05) is 18.2 Å². The molecule has 2 heterocycles. The molecule has 0 bridgehead atoms. The van der Waals surface area contributed by atoms with E-state index >= 15 is 0 Å². The molecule has 214 valence electrons. The number of hydrogen-bond acceptors (Lipinski definition) is 0. The van der Waals surface area contributed by atoms with Gasteiger partial charge in [-0.25, -0.2) is 4.85 Å². The van der Waals surface area contributed by atoms with Crippen LogP contribution in [0.3, 0.4) is 0 Å². The quantitative estimate of drug-likeness (QED) is 0.182. The van der Waals surface area contributed by atoms with E-state index in [9.17, 15) is 0 Å². The molecule has 0 aliphatic heterocycles. The van der Waals surface area contributed by atoms with Gasteiger partial charge in [0.1, 0.15) is 0 Å². The molecule has 0 radical (unpaired) electrons. The van der Waals surface area contributed by atoms with Crippen LogP contribution in [0.1, 0.15) is 0 Å². The second-order valence-electron chi connectivity index (χ2n) is 11.6. The summed E-state index contributed by atoms with van der Waals surface area (Å²) in [6.45, 7) is 7.64. The number of aromatic nitrogens is 2. The maximum Gasteiger partial charge on any atom is 0.187 e. The molecule has 0 aliphatic rings. The highest BCUT2D eigenvalue weighted by Crippen LogP contribution is 2.44. The monoisotopic (exact) mass is 585 g/mol. The van der Waals surface area contributed by atoms with Crippen LogP contribution >= 0.6 is 0 Å². The zero-order chi connectivity index (χ0) is 30.6. The molecule has 0 amide bonds. The molecule has 0 unspecified atom stereocenters. The van der Waals surface area contributed by atoms with E-state index in [1.165, 1.54) is 43.7 Å². The van der Waals surface area contributed by atoms with Crippen LogP contribution in [0.15, 0.2) is 164 Å². The lowest BCUT2D eigenvalue weighted by Gasteiger charge is -2.17. The Hall–Kier alpha value is -6.37. The minimum absolute atomic E-state index is 0.635. The van der Waals surface area contributed by atoms with Crippen LogP contribution in [0.4, 0.5) is 5.69 Å². The Kier molecular flexibility index (Phi) is 5.88. The summed E-state index contributed by atoms with van der Waals surface area (Å²) >= 11 is 0. The van der Waals surface area contributed by atoms with Gasteiger partial charge in [-0.3, -0.25) is 0 Å². The maximum atomic E-state index is 7.64. The normalized spacial score (nSPS) is 11.5. The number of rotatable bonds is 4. The first kappa shape index (κ1) is 26.1. The Labute approximate surface area is 266 Å². The van der Waals surface area contributed by atoms with Gasteiger partial charge < -0.3 is 9.13 Å². The molecule has 46 heavy (non-hydrogen) atoms. The van der Waals surface area contributed by atoms with Crippen molar-refractivity contribution in [3.63, 3.8) is 0 Å². The molecule has 0 spiro atoms. The third kappa shape index (κ3) is 3.84. The summed E-state index contributed by atoms with van der Waals surface area (Å²) in [4.78, 5) is 3.72. The summed E-state index contributed by atoms with van der Waals surface area (Å²) in [7, 11) is 0. The summed E-state index contributed by atoms with van der Waals surface area (Å²) in [5, 5.41) is 4.88. The zero-order valence-corrected chi connectivity index (χ0v) is 24.9. The summed E-state index contributed by atoms with van der Waals surface area (Å²) in [5.74, 6) is 0. The van der Waals surface area contributed by atoms with Crippen molar-refractivity contribution < 1.29 is 0 Å². The molecule has 0 fully saturated rings. The summed E-state index contributed by atoms with van der Waals surface area (Å²) in [5.41, 5.74) is 12.0. The molecule has 9 rings (SSSR count). The molecule has 0 aliphatic carbocycles. The van der Waals surface area contributed by atoms with E-state index in [4.69, 9.17) is 6.57 Å². The SMILES string of the molecule is [C-]#[N+]c1cccc(-c2ccccc2-n2c3ccccc3c3cccc(-c4cccc5c6ccccc6n(-c6ccccc6)c45)c32)c1. The van der Waals surface area contributed by atoms with Crippen molar-refractivity contribution >= 4 is 49.3 Å². The minimum Gasteiger partial charge on any atom is -0.309 e. The van der Waals surface area contributed by atoms with E-state index < -0.39 is 0 Å². The molecule has 0 saturated carbocycles. The van der Waals surface area contributed by atoms with Gasteiger partial charge in [-0.05, 0) is 42.0 Å². The molecular formula is C43H27N3. The van der Waals surface area contributed by atoms with Gasteiger partial charge in [0.2, 0.25) is 0 Å². The molecule has 0 saturated heterocycles. The fourth-order valence-electron chi connectivity index (χ4n) is 7.22. The molecule has 3 heteroatoms. The number of fused-ring (bicyclic) bond motifs is 6. The zero-order valence-electron chi connectivity index (χ0n) is 24.9. The third-order valence-corrected chi connectivity index (χ3v) is 9.13. The van der Waals surface area contributed by atoms with Crippen molar-refractivity contribution in [2.75, 3.05) is 0 Å². The van der Waals surface area contributed by atoms with Crippen molar-refractivity contribution in [1.82, 2.24) is 9.13 Å². The molecule has 2 aromatic heterocycles. The van der Waals surface area contributed by atoms with Gasteiger partial charge >= 0.3 is 0 Å². The molecule has 0 atom stereocenters. The second-order valence-corrected chi connectivity index (χ2v) is 11.6. The van der Waals surface area contributed by atoms with Crippen LogP contribution < -0.4 is 0 Å². The fraction of sp³-hybridized carbons (Fsp3) is 0. The molecular weight excluding hydrogens is 558 g/mol. The predicted molar refractivity (Wildman–Crippen MR) is 192 cm³/mol. The van der Waals surface area contributed by atoms with Crippen LogP contribution in [-0.4, -0.2) is 9.13 Å². The average Bonchev–Trinajstić information content (AvgIpc) is 3.65. The van der Waals surface area contributed by atoms with Crippen molar-refractivity contribution in [3.8, 4) is 33.6 Å². The minimum atomic E-state index is 0.635. The third-order valence-electron chi connectivity index (χ3n) is 9.13. The number of hydrogen-bond donors (Lipinski definition) is 0. The second kappa shape index (κ2) is 10.4. The lowest BCUT2D eigenvalue weighted by molar-refractivity contribution is 1.17. The summed E-state index contributed by atoms with van der Waals surface area (Å²) in [6, 6.07) is 57.9. The van der Waals surface area contributed by atoms with Crippen molar-refractivity contribution in [2.45, 2.75) is 0 Å². The Bertz CT molecular complexity index is 2650. The van der Waals surface area contributed by atoms with Crippen LogP contribution in [0.25, 0.3) is 82.1 Å². The highest BCUT2D eigenvalue weighted by Gasteiger charge is 2.22. The smallest absolute Gasteiger partial charge is 0.187 e. The van der Waals surface area contributed by atoms with Crippen molar-refractivity contribution in [3.05, 3.63) is 175 Å². The lowest BCUT2D eigenvalue weighted by Crippen LogP contribution is -1.99. The number of nitrogens with zero attached hydrogens (tertiary/aromatic N) is 3. The van der Waals surface area contributed by atoms with Gasteiger partial charge in [0.15, 0.2) is 5.69 Å². The summed E-state index contributed by atoms with van der Waals surface area (Å²) < 4.78 is 4.84. The number of benzene rings is 7. The fourth-order valence-corrected chi connectivity index (χ4v) is 7.22. The molecule has 9 aromatic rings. The van der Waals surface area contributed by atoms with Gasteiger partial charge in [-0.2, -0.15) is 0 Å². The van der Waals surface area contributed by atoms with Crippen LogP contribution in [0.5, 0.6) is 0 Å². The summed E-state index contributed by atoms with van der Waals surface area (Å²) in [6.07, 6.45) is 0. The van der Waals surface area contributed by atoms with Crippen molar-refractivity contribution in [2.24, 2.45) is 0 Å². The average molecular weight is 586 g/mol. The Morgan fingerprint density at radius 1 is 0.413 bits per heavy atom. The van der Waals surface area contributed by atoms with E-state index in [1.54, 1.807) is 0 Å². The van der Waals surface area contributed by atoms with Crippen LogP contribution in [-0.2, 0) is 0 Å². The first-order valence-corrected chi connectivity index (χ1v) is 15.5. The van der Waals surface area contributed by atoms with E-state index in [0.717, 1.165) is 33.5 Å². The molecule has 3 nitrogen and oxygen atoms in total. The lowest BCUT2D eigenvalue weighted by atomic mass is 9.98. The number of para-hydroxylation sites is 6. The Morgan fingerprint density at radius 3 is 1.63 bits per heavy atom. The van der Waals surface area contributed by atoms with Crippen LogP contribution in [0.2, 0.25) is 0 Å². The van der Waals surface area contributed by atoms with Gasteiger partial charge in [0, 0.05) is 43.9 Å². The van der Waals surface area contributed by atoms with E-state index in [2.05, 4.69) is 160 Å². The predicted octanol–water partition coefficient (Wildman–Crippen LogP) is 11.8. The van der Waals surface area contributed by atoms with E-state index in [-0.39, 0.29) is 0 Å². The van der Waals surface area contributed by atoms with E-state index in [0.29, 0.717) is 5.69 Å². The molecule has 0 N–H and O–H groups in total. The highest BCUT2D eigenvalue weighted by atomic mass is 15.0. The maximum absolute atomic E-state index is 7.64. The Balaban J connectivity index is 1.43.